The van der Waals surface area contributed by atoms with Crippen molar-refractivity contribution in [1.82, 2.24) is 15.5 Å². The van der Waals surface area contributed by atoms with Gasteiger partial charge in [0.2, 0.25) is 17.7 Å². The maximum absolute atomic E-state index is 13.0. The van der Waals surface area contributed by atoms with Crippen LogP contribution in [0.25, 0.3) is 0 Å². The Morgan fingerprint density at radius 3 is 2.25 bits per heavy atom. The molecule has 12 heteroatoms. The molecule has 1 aromatic rings. The number of carbonyl (C=O) groups excluding carboxylic acids is 3. The lowest BCUT2D eigenvalue weighted by molar-refractivity contribution is -0.143. The van der Waals surface area contributed by atoms with E-state index in [1.807, 2.05) is 0 Å². The Hall–Kier alpha value is -3.67. The van der Waals surface area contributed by atoms with Crippen LogP contribution < -0.4 is 16.4 Å². The molecule has 1 heterocycles. The molecular formula is C24H34N4O8. The second-order valence-electron chi connectivity index (χ2n) is 9.22. The molecule has 0 aromatic heterocycles. The van der Waals surface area contributed by atoms with Crippen molar-refractivity contribution in [2.45, 2.75) is 70.1 Å². The first-order valence-corrected chi connectivity index (χ1v) is 11.8. The number of carbonyl (C=O) groups is 5. The SMILES string of the molecule is CC(C)C(N)C(=O)N1CCCC1C(=O)NC(CCC(=O)O)C(=O)NC(Cc1ccc(O)cc1)C(=O)O. The molecule has 12 nitrogen and oxygen atoms in total. The summed E-state index contributed by atoms with van der Waals surface area (Å²) in [5.41, 5.74) is 6.50. The van der Waals surface area contributed by atoms with Gasteiger partial charge in [-0.2, -0.15) is 0 Å². The van der Waals surface area contributed by atoms with Crippen molar-refractivity contribution in [3.05, 3.63) is 29.8 Å². The number of phenolic OH excluding ortho intramolecular Hbond substituents is 1. The van der Waals surface area contributed by atoms with Crippen LogP contribution in [-0.4, -0.2) is 80.6 Å². The number of carboxylic acid groups (broad SMARTS) is 2. The number of amides is 3. The molecule has 198 valence electrons. The van der Waals surface area contributed by atoms with Crippen molar-refractivity contribution in [2.24, 2.45) is 11.7 Å². The Morgan fingerprint density at radius 1 is 1.06 bits per heavy atom. The number of rotatable bonds is 12. The van der Waals surface area contributed by atoms with Gasteiger partial charge in [0.05, 0.1) is 6.04 Å². The van der Waals surface area contributed by atoms with Gasteiger partial charge in [-0.25, -0.2) is 4.79 Å². The Balaban J connectivity index is 2.14. The number of carboxylic acids is 2. The van der Waals surface area contributed by atoms with Crippen LogP contribution in [0.4, 0.5) is 0 Å². The molecule has 4 atom stereocenters. The van der Waals surface area contributed by atoms with Gasteiger partial charge in [0.15, 0.2) is 0 Å². The minimum atomic E-state index is -1.36. The van der Waals surface area contributed by atoms with Crippen molar-refractivity contribution < 1.29 is 39.3 Å². The topological polar surface area (TPSA) is 199 Å². The number of likely N-dealkylation sites (tertiary alicyclic amines) is 1. The summed E-state index contributed by atoms with van der Waals surface area (Å²) in [6, 6.07) is 1.43. The van der Waals surface area contributed by atoms with Crippen LogP contribution in [0.1, 0.15) is 45.1 Å². The molecule has 4 unspecified atom stereocenters. The Labute approximate surface area is 208 Å². The zero-order valence-electron chi connectivity index (χ0n) is 20.3. The molecule has 1 aliphatic rings. The predicted octanol–water partition coefficient (Wildman–Crippen LogP) is -0.172. The Bertz CT molecular complexity index is 965. The lowest BCUT2D eigenvalue weighted by atomic mass is 10.0. The van der Waals surface area contributed by atoms with Crippen molar-refractivity contribution >= 4 is 29.7 Å². The zero-order valence-corrected chi connectivity index (χ0v) is 20.3. The monoisotopic (exact) mass is 506 g/mol. The average molecular weight is 507 g/mol. The summed E-state index contributed by atoms with van der Waals surface area (Å²) in [7, 11) is 0. The number of benzene rings is 1. The average Bonchev–Trinajstić information content (AvgIpc) is 3.31. The third kappa shape index (κ3) is 7.94. The summed E-state index contributed by atoms with van der Waals surface area (Å²) in [4.78, 5) is 63.0. The number of aromatic hydroxyl groups is 1. The predicted molar refractivity (Wildman–Crippen MR) is 128 cm³/mol. The normalized spacial score (nSPS) is 17.8. The fourth-order valence-electron chi connectivity index (χ4n) is 3.92. The molecule has 0 bridgehead atoms. The molecular weight excluding hydrogens is 472 g/mol. The fraction of sp³-hybridized carbons (Fsp3) is 0.542. The fourth-order valence-corrected chi connectivity index (χ4v) is 3.92. The van der Waals surface area contributed by atoms with E-state index in [0.717, 1.165) is 0 Å². The van der Waals surface area contributed by atoms with Gasteiger partial charge in [0, 0.05) is 19.4 Å². The second kappa shape index (κ2) is 12.9. The lowest BCUT2D eigenvalue weighted by Crippen LogP contribution is -2.57. The second-order valence-corrected chi connectivity index (χ2v) is 9.22. The third-order valence-corrected chi connectivity index (χ3v) is 6.11. The van der Waals surface area contributed by atoms with E-state index in [9.17, 15) is 34.2 Å². The highest BCUT2D eigenvalue weighted by atomic mass is 16.4. The van der Waals surface area contributed by atoms with E-state index in [1.54, 1.807) is 13.8 Å². The Kier molecular flexibility index (Phi) is 10.2. The van der Waals surface area contributed by atoms with Gasteiger partial charge in [-0.3, -0.25) is 19.2 Å². The third-order valence-electron chi connectivity index (χ3n) is 6.11. The molecule has 0 aliphatic carbocycles. The number of nitrogens with two attached hydrogens (primary N) is 1. The van der Waals surface area contributed by atoms with Crippen molar-refractivity contribution in [2.75, 3.05) is 6.54 Å². The van der Waals surface area contributed by atoms with Crippen molar-refractivity contribution in [3.8, 4) is 5.75 Å². The van der Waals surface area contributed by atoms with Gasteiger partial charge in [-0.15, -0.1) is 0 Å². The van der Waals surface area contributed by atoms with E-state index in [-0.39, 0.29) is 30.4 Å². The van der Waals surface area contributed by atoms with Crippen LogP contribution in [0.15, 0.2) is 24.3 Å². The minimum Gasteiger partial charge on any atom is -0.508 e. The summed E-state index contributed by atoms with van der Waals surface area (Å²) in [6.07, 6.45) is 0.103. The number of hydrogen-bond acceptors (Lipinski definition) is 7. The largest absolute Gasteiger partial charge is 0.508 e. The standard InChI is InChI=1S/C24H34N4O8/c1-13(2)20(25)23(34)28-11-3-4-18(28)22(33)26-16(9-10-19(30)31)21(32)27-17(24(35)36)12-14-5-7-15(29)8-6-14/h5-8,13,16-18,20,29H,3-4,9-12,25H2,1-2H3,(H,26,33)(H,27,32)(H,30,31)(H,35,36). The highest BCUT2D eigenvalue weighted by molar-refractivity contribution is 5.94. The Morgan fingerprint density at radius 2 is 1.69 bits per heavy atom. The summed E-state index contributed by atoms with van der Waals surface area (Å²) in [5, 5.41) is 32.9. The first-order valence-electron chi connectivity index (χ1n) is 11.8. The van der Waals surface area contributed by atoms with Crippen LogP contribution in [-0.2, 0) is 30.4 Å². The number of aliphatic carboxylic acids is 2. The molecule has 1 aliphatic heterocycles. The summed E-state index contributed by atoms with van der Waals surface area (Å²) < 4.78 is 0. The van der Waals surface area contributed by atoms with E-state index in [1.165, 1.54) is 29.2 Å². The maximum Gasteiger partial charge on any atom is 0.326 e. The number of hydrogen-bond donors (Lipinski definition) is 6. The quantitative estimate of drug-likeness (QED) is 0.223. The molecule has 0 saturated carbocycles. The smallest absolute Gasteiger partial charge is 0.326 e. The minimum absolute atomic E-state index is 0.0000961. The first-order chi connectivity index (χ1) is 16.9. The van der Waals surface area contributed by atoms with E-state index >= 15 is 0 Å². The molecule has 0 radical (unpaired) electrons. The molecule has 1 aromatic carbocycles. The van der Waals surface area contributed by atoms with Crippen LogP contribution >= 0.6 is 0 Å². The van der Waals surface area contributed by atoms with Gasteiger partial charge in [0.25, 0.3) is 0 Å². The summed E-state index contributed by atoms with van der Waals surface area (Å²) >= 11 is 0. The highest BCUT2D eigenvalue weighted by Crippen LogP contribution is 2.20. The molecule has 3 amide bonds. The maximum atomic E-state index is 13.0. The molecule has 7 N–H and O–H groups in total. The van der Waals surface area contributed by atoms with Gasteiger partial charge in [-0.1, -0.05) is 26.0 Å². The molecule has 36 heavy (non-hydrogen) atoms. The molecule has 1 saturated heterocycles. The van der Waals surface area contributed by atoms with Crippen molar-refractivity contribution in [3.63, 3.8) is 0 Å². The van der Waals surface area contributed by atoms with Gasteiger partial charge in [0.1, 0.15) is 23.9 Å². The zero-order chi connectivity index (χ0) is 27.0. The first kappa shape index (κ1) is 28.6. The van der Waals surface area contributed by atoms with Gasteiger partial charge in [-0.05, 0) is 42.9 Å². The van der Waals surface area contributed by atoms with E-state index in [2.05, 4.69) is 10.6 Å². The van der Waals surface area contributed by atoms with Gasteiger partial charge < -0.3 is 36.6 Å². The van der Waals surface area contributed by atoms with Crippen LogP contribution in [0.5, 0.6) is 5.75 Å². The van der Waals surface area contributed by atoms with Crippen LogP contribution in [0, 0.1) is 5.92 Å². The van der Waals surface area contributed by atoms with Gasteiger partial charge >= 0.3 is 11.9 Å². The summed E-state index contributed by atoms with van der Waals surface area (Å²) in [6.45, 7) is 3.91. The van der Waals surface area contributed by atoms with Crippen LogP contribution in [0.3, 0.4) is 0 Å². The number of nitrogens with zero attached hydrogens (tertiary/aromatic N) is 1. The molecule has 1 fully saturated rings. The number of phenols is 1. The molecule has 2 rings (SSSR count). The van der Waals surface area contributed by atoms with E-state index < -0.39 is 54.3 Å². The van der Waals surface area contributed by atoms with E-state index in [4.69, 9.17) is 10.8 Å². The molecule has 0 spiro atoms. The number of nitrogens with one attached hydrogen (secondary N) is 2. The lowest BCUT2D eigenvalue weighted by Gasteiger charge is -2.29. The van der Waals surface area contributed by atoms with E-state index in [0.29, 0.717) is 24.9 Å². The summed E-state index contributed by atoms with van der Waals surface area (Å²) in [5.74, 6) is -4.53. The van der Waals surface area contributed by atoms with Crippen LogP contribution in [0.2, 0.25) is 0 Å². The van der Waals surface area contributed by atoms with Crippen molar-refractivity contribution in [1.29, 1.82) is 0 Å². The highest BCUT2D eigenvalue weighted by Gasteiger charge is 2.38.